The summed E-state index contributed by atoms with van der Waals surface area (Å²) in [4.78, 5) is 11.3. The molecule has 0 aliphatic carbocycles. The van der Waals surface area contributed by atoms with Crippen molar-refractivity contribution >= 4 is 5.97 Å². The predicted molar refractivity (Wildman–Crippen MR) is 53.9 cm³/mol. The normalized spacial score (nSPS) is 9.88. The van der Waals surface area contributed by atoms with Gasteiger partial charge in [-0.05, 0) is 24.6 Å². The Kier molecular flexibility index (Phi) is 3.99. The number of hydrogen-bond acceptors (Lipinski definition) is 4. The van der Waals surface area contributed by atoms with Gasteiger partial charge in [0, 0.05) is 0 Å². The molecule has 0 saturated heterocycles. The van der Waals surface area contributed by atoms with E-state index in [1.807, 2.05) is 0 Å². The Bertz CT molecular complexity index is 480. The van der Waals surface area contributed by atoms with Crippen LogP contribution in [0.1, 0.15) is 21.5 Å². The van der Waals surface area contributed by atoms with Crippen LogP contribution in [0.15, 0.2) is 12.1 Å². The molecule has 0 spiro atoms. The van der Waals surface area contributed by atoms with Crippen molar-refractivity contribution in [2.45, 2.75) is 13.5 Å². The van der Waals surface area contributed by atoms with Gasteiger partial charge in [0.1, 0.15) is 11.8 Å². The molecule has 0 radical (unpaired) electrons. The monoisotopic (exact) mass is 241 g/mol. The quantitative estimate of drug-likeness (QED) is 0.761. The van der Waals surface area contributed by atoms with Crippen LogP contribution in [0.4, 0.5) is 8.78 Å². The van der Waals surface area contributed by atoms with Crippen molar-refractivity contribution in [1.82, 2.24) is 0 Å². The number of nitrogens with zero attached hydrogens (tertiary/aromatic N) is 1. The van der Waals surface area contributed by atoms with Gasteiger partial charge in [0.15, 0.2) is 0 Å². The highest BCUT2D eigenvalue weighted by atomic mass is 19.3. The lowest BCUT2D eigenvalue weighted by Crippen LogP contribution is -2.08. The minimum absolute atomic E-state index is 0.0598. The molecule has 0 fully saturated rings. The van der Waals surface area contributed by atoms with Crippen molar-refractivity contribution in [3.8, 4) is 11.8 Å². The minimum Gasteiger partial charge on any atom is -0.465 e. The highest BCUT2D eigenvalue weighted by Crippen LogP contribution is 2.25. The number of aryl methyl sites for hydroxylation is 1. The van der Waals surface area contributed by atoms with Gasteiger partial charge in [0.25, 0.3) is 0 Å². The number of hydrogen-bond donors (Lipinski definition) is 0. The van der Waals surface area contributed by atoms with E-state index >= 15 is 0 Å². The Balaban J connectivity index is 3.28. The van der Waals surface area contributed by atoms with Gasteiger partial charge in [-0.3, -0.25) is 0 Å². The summed E-state index contributed by atoms with van der Waals surface area (Å²) in [5, 5.41) is 8.75. The first-order chi connectivity index (χ1) is 7.99. The molecular weight excluding hydrogens is 232 g/mol. The van der Waals surface area contributed by atoms with Crippen LogP contribution in [0.5, 0.6) is 5.75 Å². The summed E-state index contributed by atoms with van der Waals surface area (Å²) in [5.74, 6) is -1.01. The summed E-state index contributed by atoms with van der Waals surface area (Å²) < 4.78 is 32.9. The number of esters is 1. The molecule has 1 aromatic rings. The molecule has 4 nitrogen and oxygen atoms in total. The number of carbonyl (C=O) groups is 1. The summed E-state index contributed by atoms with van der Waals surface area (Å²) in [6.07, 6.45) is 0. The zero-order valence-corrected chi connectivity index (χ0v) is 9.16. The fourth-order valence-corrected chi connectivity index (χ4v) is 1.30. The minimum atomic E-state index is -3.06. The molecule has 1 rings (SSSR count). The molecule has 0 aromatic heterocycles. The number of alkyl halides is 2. The van der Waals surface area contributed by atoms with Crippen LogP contribution in [-0.4, -0.2) is 19.7 Å². The maximum absolute atomic E-state index is 12.1. The molecule has 0 bridgehead atoms. The molecular formula is C11H9F2NO3. The lowest BCUT2D eigenvalue weighted by Gasteiger charge is -2.10. The van der Waals surface area contributed by atoms with E-state index < -0.39 is 12.6 Å². The van der Waals surface area contributed by atoms with E-state index in [2.05, 4.69) is 9.47 Å². The molecule has 0 aliphatic rings. The maximum atomic E-state index is 12.1. The summed E-state index contributed by atoms with van der Waals surface area (Å²) in [6, 6.07) is 4.09. The third-order valence-electron chi connectivity index (χ3n) is 2.07. The van der Waals surface area contributed by atoms with E-state index in [0.717, 1.165) is 6.07 Å². The van der Waals surface area contributed by atoms with Gasteiger partial charge in [-0.15, -0.1) is 0 Å². The Labute approximate surface area is 96.4 Å². The topological polar surface area (TPSA) is 59.3 Å². The van der Waals surface area contributed by atoms with Crippen molar-refractivity contribution in [2.24, 2.45) is 0 Å². The molecule has 0 N–H and O–H groups in total. The van der Waals surface area contributed by atoms with E-state index in [1.165, 1.54) is 13.2 Å². The van der Waals surface area contributed by atoms with E-state index in [-0.39, 0.29) is 16.9 Å². The highest BCUT2D eigenvalue weighted by molar-refractivity contribution is 5.91. The largest absolute Gasteiger partial charge is 0.465 e. The second-order valence-corrected chi connectivity index (χ2v) is 3.15. The zero-order valence-electron chi connectivity index (χ0n) is 9.16. The van der Waals surface area contributed by atoms with Crippen LogP contribution >= 0.6 is 0 Å². The van der Waals surface area contributed by atoms with Gasteiger partial charge >= 0.3 is 12.6 Å². The van der Waals surface area contributed by atoms with Crippen LogP contribution in [0, 0.1) is 18.3 Å². The fraction of sp³-hybridized carbons (Fsp3) is 0.273. The molecule has 0 amide bonds. The summed E-state index contributed by atoms with van der Waals surface area (Å²) in [5.41, 5.74) is 0.479. The number of carbonyl (C=O) groups excluding carboxylic acids is 1. The SMILES string of the molecule is COC(=O)c1cc(OC(F)F)c(C#N)cc1C. The number of rotatable bonds is 3. The second-order valence-electron chi connectivity index (χ2n) is 3.15. The number of ether oxygens (including phenoxy) is 2. The average molecular weight is 241 g/mol. The molecule has 1 aromatic carbocycles. The Morgan fingerprint density at radius 2 is 2.12 bits per heavy atom. The first-order valence-electron chi connectivity index (χ1n) is 4.57. The number of benzene rings is 1. The number of methoxy groups -OCH3 is 1. The standard InChI is InChI=1S/C11H9F2NO3/c1-6-3-7(5-14)9(17-11(12)13)4-8(6)10(15)16-2/h3-4,11H,1-2H3. The lowest BCUT2D eigenvalue weighted by atomic mass is 10.0. The van der Waals surface area contributed by atoms with Crippen LogP contribution in [0.3, 0.4) is 0 Å². The molecule has 0 aliphatic heterocycles. The van der Waals surface area contributed by atoms with Crippen LogP contribution in [-0.2, 0) is 4.74 Å². The van der Waals surface area contributed by atoms with Crippen LogP contribution in [0.2, 0.25) is 0 Å². The Hall–Kier alpha value is -2.16. The van der Waals surface area contributed by atoms with Gasteiger partial charge in [-0.1, -0.05) is 0 Å². The summed E-state index contributed by atoms with van der Waals surface area (Å²) in [6.45, 7) is -1.49. The first-order valence-corrected chi connectivity index (χ1v) is 4.57. The molecule has 0 saturated carbocycles. The van der Waals surface area contributed by atoms with Gasteiger partial charge in [0.05, 0.1) is 18.2 Å². The fourth-order valence-electron chi connectivity index (χ4n) is 1.30. The summed E-state index contributed by atoms with van der Waals surface area (Å²) >= 11 is 0. The molecule has 6 heteroatoms. The number of nitriles is 1. The molecule has 0 atom stereocenters. The van der Waals surface area contributed by atoms with Crippen molar-refractivity contribution in [2.75, 3.05) is 7.11 Å². The van der Waals surface area contributed by atoms with Crippen LogP contribution < -0.4 is 4.74 Å². The van der Waals surface area contributed by atoms with Gasteiger partial charge in [-0.2, -0.15) is 14.0 Å². The van der Waals surface area contributed by atoms with E-state index in [9.17, 15) is 13.6 Å². The molecule has 0 unspecified atom stereocenters. The van der Waals surface area contributed by atoms with E-state index in [0.29, 0.717) is 5.56 Å². The van der Waals surface area contributed by atoms with Crippen LogP contribution in [0.25, 0.3) is 0 Å². The third kappa shape index (κ3) is 2.91. The van der Waals surface area contributed by atoms with Crippen molar-refractivity contribution in [3.05, 3.63) is 28.8 Å². The Morgan fingerprint density at radius 3 is 2.59 bits per heavy atom. The Morgan fingerprint density at radius 1 is 1.47 bits per heavy atom. The van der Waals surface area contributed by atoms with E-state index in [4.69, 9.17) is 5.26 Å². The highest BCUT2D eigenvalue weighted by Gasteiger charge is 2.16. The molecule has 90 valence electrons. The van der Waals surface area contributed by atoms with Gasteiger partial charge in [-0.25, -0.2) is 4.79 Å². The summed E-state index contributed by atoms with van der Waals surface area (Å²) in [7, 11) is 1.17. The van der Waals surface area contributed by atoms with Gasteiger partial charge in [0.2, 0.25) is 0 Å². The average Bonchev–Trinajstić information content (AvgIpc) is 2.29. The number of halogens is 2. The smallest absolute Gasteiger partial charge is 0.387 e. The third-order valence-corrected chi connectivity index (χ3v) is 2.07. The molecule has 17 heavy (non-hydrogen) atoms. The van der Waals surface area contributed by atoms with Crippen molar-refractivity contribution < 1.29 is 23.0 Å². The van der Waals surface area contributed by atoms with E-state index in [1.54, 1.807) is 13.0 Å². The van der Waals surface area contributed by atoms with Gasteiger partial charge < -0.3 is 9.47 Å². The predicted octanol–water partition coefficient (Wildman–Crippen LogP) is 2.25. The molecule has 0 heterocycles. The van der Waals surface area contributed by atoms with Crippen molar-refractivity contribution in [1.29, 1.82) is 5.26 Å². The lowest BCUT2D eigenvalue weighted by molar-refractivity contribution is -0.0501. The first kappa shape index (κ1) is 12.9. The van der Waals surface area contributed by atoms with Crippen molar-refractivity contribution in [3.63, 3.8) is 0 Å². The second kappa shape index (κ2) is 5.25. The zero-order chi connectivity index (χ0) is 13.0. The maximum Gasteiger partial charge on any atom is 0.387 e.